The number of carbonyl (C=O) groups is 1. The van der Waals surface area contributed by atoms with E-state index in [1.165, 1.54) is 19.1 Å². The second-order valence-electron chi connectivity index (χ2n) is 6.32. The molecule has 8 heteroatoms. The van der Waals surface area contributed by atoms with Gasteiger partial charge < -0.3 is 9.47 Å². The lowest BCUT2D eigenvalue weighted by atomic mass is 10.0. The van der Waals surface area contributed by atoms with Crippen molar-refractivity contribution >= 4 is 11.7 Å². The van der Waals surface area contributed by atoms with Gasteiger partial charge in [0.1, 0.15) is 19.0 Å². The lowest BCUT2D eigenvalue weighted by molar-refractivity contribution is -0.142. The van der Waals surface area contributed by atoms with E-state index in [2.05, 4.69) is 15.0 Å². The number of ether oxygens (including phenoxy) is 2. The first-order valence-electron chi connectivity index (χ1n) is 8.88. The van der Waals surface area contributed by atoms with Crippen LogP contribution in [0.3, 0.4) is 0 Å². The van der Waals surface area contributed by atoms with E-state index in [0.717, 1.165) is 11.1 Å². The summed E-state index contributed by atoms with van der Waals surface area (Å²) in [5.74, 6) is 0.194. The summed E-state index contributed by atoms with van der Waals surface area (Å²) in [6.07, 6.45) is 6.95. The number of imidazole rings is 1. The minimum Gasteiger partial charge on any atom is -0.471 e. The molecule has 0 aliphatic rings. The molecule has 3 heterocycles. The van der Waals surface area contributed by atoms with Crippen LogP contribution in [0.2, 0.25) is 0 Å². The normalized spacial score (nSPS) is 10.8. The molecule has 0 bridgehead atoms. The van der Waals surface area contributed by atoms with Gasteiger partial charge in [-0.05, 0) is 23.8 Å². The summed E-state index contributed by atoms with van der Waals surface area (Å²) >= 11 is 0. The fourth-order valence-corrected chi connectivity index (χ4v) is 2.87. The lowest BCUT2D eigenvalue weighted by Gasteiger charge is -2.10. The summed E-state index contributed by atoms with van der Waals surface area (Å²) in [4.78, 5) is 24.0. The monoisotopic (exact) mass is 392 g/mol. The van der Waals surface area contributed by atoms with Gasteiger partial charge in [0.05, 0.1) is 5.69 Å². The molecule has 0 N–H and O–H groups in total. The van der Waals surface area contributed by atoms with Crippen LogP contribution < -0.4 is 4.74 Å². The third-order valence-electron chi connectivity index (χ3n) is 4.17. The summed E-state index contributed by atoms with van der Waals surface area (Å²) < 4.78 is 26.1. The summed E-state index contributed by atoms with van der Waals surface area (Å²) in [5, 5.41) is 0. The van der Waals surface area contributed by atoms with Gasteiger partial charge in [-0.3, -0.25) is 9.20 Å². The first kappa shape index (κ1) is 18.5. The predicted molar refractivity (Wildman–Crippen MR) is 102 cm³/mol. The molecule has 29 heavy (non-hydrogen) atoms. The van der Waals surface area contributed by atoms with Crippen molar-refractivity contribution in [1.29, 1.82) is 0 Å². The lowest BCUT2D eigenvalue weighted by Crippen LogP contribution is -2.01. The van der Waals surface area contributed by atoms with Crippen molar-refractivity contribution in [2.45, 2.75) is 20.1 Å². The zero-order valence-corrected chi connectivity index (χ0v) is 15.6. The van der Waals surface area contributed by atoms with Gasteiger partial charge in [-0.2, -0.15) is 0 Å². The van der Waals surface area contributed by atoms with Gasteiger partial charge in [0.25, 0.3) is 0 Å². The van der Waals surface area contributed by atoms with Crippen molar-refractivity contribution in [2.75, 3.05) is 0 Å². The van der Waals surface area contributed by atoms with Crippen LogP contribution in [-0.4, -0.2) is 25.3 Å². The van der Waals surface area contributed by atoms with Crippen molar-refractivity contribution < 1.29 is 18.7 Å². The molecule has 0 aliphatic heterocycles. The second-order valence-corrected chi connectivity index (χ2v) is 6.32. The Labute approximate surface area is 165 Å². The smallest absolute Gasteiger partial charge is 0.302 e. The number of pyridine rings is 1. The van der Waals surface area contributed by atoms with E-state index in [9.17, 15) is 9.18 Å². The summed E-state index contributed by atoms with van der Waals surface area (Å²) in [5.41, 5.74) is 2.72. The summed E-state index contributed by atoms with van der Waals surface area (Å²) in [7, 11) is 0. The number of fused-ring (bicyclic) bond motifs is 1. The van der Waals surface area contributed by atoms with Gasteiger partial charge in [-0.1, -0.05) is 12.1 Å². The molecular formula is C21H17FN4O3. The van der Waals surface area contributed by atoms with Crippen LogP contribution >= 0.6 is 0 Å². The zero-order valence-electron chi connectivity index (χ0n) is 15.6. The molecule has 4 rings (SSSR count). The molecule has 7 nitrogen and oxygen atoms in total. The van der Waals surface area contributed by atoms with Crippen LogP contribution in [0.1, 0.15) is 18.2 Å². The topological polar surface area (TPSA) is 78.6 Å². The Morgan fingerprint density at radius 3 is 2.83 bits per heavy atom. The highest BCUT2D eigenvalue weighted by molar-refractivity contribution is 5.68. The van der Waals surface area contributed by atoms with Crippen LogP contribution in [0, 0.1) is 5.82 Å². The molecule has 0 atom stereocenters. The van der Waals surface area contributed by atoms with Gasteiger partial charge in [0, 0.05) is 48.9 Å². The number of aromatic nitrogens is 4. The third kappa shape index (κ3) is 4.37. The van der Waals surface area contributed by atoms with E-state index in [1.807, 2.05) is 24.5 Å². The Kier molecular flexibility index (Phi) is 5.15. The van der Waals surface area contributed by atoms with Crippen LogP contribution in [0.5, 0.6) is 5.88 Å². The van der Waals surface area contributed by atoms with Gasteiger partial charge in [0.2, 0.25) is 11.7 Å². The van der Waals surface area contributed by atoms with Crippen LogP contribution in [0.15, 0.2) is 61.2 Å². The number of hydrogen-bond acceptors (Lipinski definition) is 6. The SMILES string of the molecule is CC(=O)OCc1cc(F)ccc1-c1cnc2nc(COc3ccccn3)cn2c1. The molecule has 146 valence electrons. The van der Waals surface area contributed by atoms with Crippen LogP contribution in [-0.2, 0) is 22.7 Å². The predicted octanol–water partition coefficient (Wildman–Crippen LogP) is 3.57. The van der Waals surface area contributed by atoms with Crippen LogP contribution in [0.4, 0.5) is 4.39 Å². The first-order valence-corrected chi connectivity index (χ1v) is 8.88. The van der Waals surface area contributed by atoms with Crippen molar-refractivity contribution in [3.05, 3.63) is 78.3 Å². The van der Waals surface area contributed by atoms with E-state index in [1.54, 1.807) is 28.9 Å². The van der Waals surface area contributed by atoms with Crippen molar-refractivity contribution in [1.82, 2.24) is 19.4 Å². The maximum absolute atomic E-state index is 13.7. The number of nitrogens with zero attached hydrogens (tertiary/aromatic N) is 4. The number of rotatable bonds is 6. The average Bonchev–Trinajstić information content (AvgIpc) is 3.14. The van der Waals surface area contributed by atoms with E-state index < -0.39 is 11.8 Å². The molecule has 0 saturated heterocycles. The fraction of sp³-hybridized carbons (Fsp3) is 0.143. The second kappa shape index (κ2) is 8.05. The molecule has 0 spiro atoms. The van der Waals surface area contributed by atoms with E-state index in [0.29, 0.717) is 22.9 Å². The molecule has 0 aliphatic carbocycles. The average molecular weight is 392 g/mol. The fourth-order valence-electron chi connectivity index (χ4n) is 2.87. The maximum Gasteiger partial charge on any atom is 0.302 e. The first-order chi connectivity index (χ1) is 14.1. The Hall–Kier alpha value is -3.81. The van der Waals surface area contributed by atoms with E-state index in [-0.39, 0.29) is 13.2 Å². The molecule has 0 amide bonds. The van der Waals surface area contributed by atoms with Crippen LogP contribution in [0.25, 0.3) is 16.9 Å². The van der Waals surface area contributed by atoms with Gasteiger partial charge in [0.15, 0.2) is 0 Å². The molecular weight excluding hydrogens is 375 g/mol. The van der Waals surface area contributed by atoms with E-state index in [4.69, 9.17) is 9.47 Å². The Bertz CT molecular complexity index is 1160. The molecule has 0 radical (unpaired) electrons. The highest BCUT2D eigenvalue weighted by atomic mass is 19.1. The number of hydrogen-bond donors (Lipinski definition) is 0. The summed E-state index contributed by atoms with van der Waals surface area (Å²) in [6.45, 7) is 1.55. The quantitative estimate of drug-likeness (QED) is 0.467. The Morgan fingerprint density at radius 1 is 1.14 bits per heavy atom. The van der Waals surface area contributed by atoms with Gasteiger partial charge in [-0.15, -0.1) is 0 Å². The van der Waals surface area contributed by atoms with Crippen molar-refractivity contribution in [3.8, 4) is 17.0 Å². The van der Waals surface area contributed by atoms with Crippen molar-refractivity contribution in [2.24, 2.45) is 0 Å². The van der Waals surface area contributed by atoms with Gasteiger partial charge in [-0.25, -0.2) is 19.3 Å². The molecule has 0 unspecified atom stereocenters. The summed E-state index contributed by atoms with van der Waals surface area (Å²) in [6, 6.07) is 9.77. The molecule has 0 fully saturated rings. The zero-order chi connectivity index (χ0) is 20.2. The third-order valence-corrected chi connectivity index (χ3v) is 4.17. The minimum absolute atomic E-state index is 0.0203. The number of carbonyl (C=O) groups excluding carboxylic acids is 1. The molecule has 1 aromatic carbocycles. The Morgan fingerprint density at radius 2 is 2.03 bits per heavy atom. The minimum atomic E-state index is -0.430. The van der Waals surface area contributed by atoms with E-state index >= 15 is 0 Å². The number of esters is 1. The number of benzene rings is 1. The van der Waals surface area contributed by atoms with Crippen molar-refractivity contribution in [3.63, 3.8) is 0 Å². The largest absolute Gasteiger partial charge is 0.471 e. The highest BCUT2D eigenvalue weighted by Crippen LogP contribution is 2.25. The Balaban J connectivity index is 1.60. The molecule has 0 saturated carbocycles. The maximum atomic E-state index is 13.7. The molecule has 3 aromatic heterocycles. The molecule has 4 aromatic rings. The standard InChI is InChI=1S/C21H17FN4O3/c1-14(27)28-12-15-8-17(22)5-6-19(15)16-9-24-21-25-18(11-26(21)10-16)13-29-20-4-2-3-7-23-20/h2-11H,12-13H2,1H3. The highest BCUT2D eigenvalue weighted by Gasteiger charge is 2.11. The van der Waals surface area contributed by atoms with Gasteiger partial charge >= 0.3 is 5.97 Å². The number of halogens is 1.